The lowest BCUT2D eigenvalue weighted by Gasteiger charge is -1.82. The third-order valence-electron chi connectivity index (χ3n) is 0.804. The predicted molar refractivity (Wildman–Crippen MR) is 31.1 cm³/mol. The minimum Gasteiger partial charge on any atom is -0.361 e. The molecular formula is C5H4ClNO2. The largest absolute Gasteiger partial charge is 0.361 e. The first-order chi connectivity index (χ1) is 4.29. The van der Waals surface area contributed by atoms with Gasteiger partial charge in [0, 0.05) is 6.07 Å². The molecule has 0 saturated carbocycles. The Morgan fingerprint density at radius 2 is 2.67 bits per heavy atom. The van der Waals surface area contributed by atoms with Gasteiger partial charge >= 0.3 is 0 Å². The maximum absolute atomic E-state index is 10.2. The zero-order valence-corrected chi connectivity index (χ0v) is 5.26. The molecule has 0 aliphatic carbocycles. The first kappa shape index (κ1) is 6.29. The highest BCUT2D eigenvalue weighted by molar-refractivity contribution is 6.63. The predicted octanol–water partition coefficient (Wildman–Crippen LogP) is 0.982. The van der Waals surface area contributed by atoms with E-state index in [4.69, 9.17) is 11.6 Å². The minimum absolute atomic E-state index is 0.113. The third-order valence-corrected chi connectivity index (χ3v) is 0.938. The van der Waals surface area contributed by atoms with Gasteiger partial charge in [0.25, 0.3) is 0 Å². The molecule has 0 fully saturated rings. The summed E-state index contributed by atoms with van der Waals surface area (Å²) >= 11 is 5.04. The highest BCUT2D eigenvalue weighted by atomic mass is 35.5. The minimum atomic E-state index is -0.438. The molecule has 9 heavy (non-hydrogen) atoms. The maximum atomic E-state index is 10.2. The van der Waals surface area contributed by atoms with E-state index in [9.17, 15) is 4.79 Å². The quantitative estimate of drug-likeness (QED) is 0.583. The van der Waals surface area contributed by atoms with E-state index in [2.05, 4.69) is 9.68 Å². The van der Waals surface area contributed by atoms with Gasteiger partial charge in [-0.1, -0.05) is 5.16 Å². The molecule has 0 bridgehead atoms. The molecule has 0 aliphatic heterocycles. The van der Waals surface area contributed by atoms with Gasteiger partial charge in [-0.25, -0.2) is 0 Å². The Hall–Kier alpha value is -0.830. The van der Waals surface area contributed by atoms with Crippen LogP contribution in [0.3, 0.4) is 0 Å². The number of halogens is 1. The molecular weight excluding hydrogens is 142 g/mol. The van der Waals surface area contributed by atoms with Gasteiger partial charge in [0.2, 0.25) is 5.24 Å². The lowest BCUT2D eigenvalue weighted by Crippen LogP contribution is -1.89. The molecule has 1 heterocycles. The Labute approximate surface area is 56.6 Å². The average Bonchev–Trinajstić information content (AvgIpc) is 2.15. The Morgan fingerprint density at radius 1 is 1.89 bits per heavy atom. The number of carbonyl (C=O) groups excluding carboxylic acids is 1. The summed E-state index contributed by atoms with van der Waals surface area (Å²) in [4.78, 5) is 10.2. The van der Waals surface area contributed by atoms with Gasteiger partial charge in [-0.15, -0.1) is 0 Å². The van der Waals surface area contributed by atoms with Gasteiger partial charge in [0.15, 0.2) is 0 Å². The number of nitrogens with zero attached hydrogens (tertiary/aromatic N) is 1. The molecule has 4 heteroatoms. The molecule has 0 N–H and O–H groups in total. The summed E-state index contributed by atoms with van der Waals surface area (Å²) < 4.78 is 4.59. The average molecular weight is 146 g/mol. The highest BCUT2D eigenvalue weighted by Crippen LogP contribution is 1.99. The zero-order valence-electron chi connectivity index (χ0n) is 4.50. The van der Waals surface area contributed by atoms with Crippen LogP contribution >= 0.6 is 11.6 Å². The van der Waals surface area contributed by atoms with Gasteiger partial charge in [-0.2, -0.15) is 0 Å². The molecule has 0 radical (unpaired) electrons. The second kappa shape index (κ2) is 2.64. The van der Waals surface area contributed by atoms with Crippen LogP contribution in [-0.2, 0) is 11.2 Å². The molecule has 48 valence electrons. The number of hydrogen-bond donors (Lipinski definition) is 0. The molecule has 0 aromatic carbocycles. The summed E-state index contributed by atoms with van der Waals surface area (Å²) in [5, 5.41) is 2.95. The summed E-state index contributed by atoms with van der Waals surface area (Å²) in [6.07, 6.45) is 1.58. The van der Waals surface area contributed by atoms with Crippen LogP contribution in [0.15, 0.2) is 16.8 Å². The van der Waals surface area contributed by atoms with Crippen molar-refractivity contribution >= 4 is 16.8 Å². The lowest BCUT2D eigenvalue weighted by atomic mass is 10.4. The van der Waals surface area contributed by atoms with Crippen molar-refractivity contribution in [3.8, 4) is 0 Å². The van der Waals surface area contributed by atoms with Crippen LogP contribution in [0.25, 0.3) is 0 Å². The summed E-state index contributed by atoms with van der Waals surface area (Å²) in [5.74, 6) is 0.495. The number of hydrogen-bond acceptors (Lipinski definition) is 3. The Morgan fingerprint density at radius 3 is 3.11 bits per heavy atom. The van der Waals surface area contributed by atoms with E-state index in [1.54, 1.807) is 6.07 Å². The summed E-state index contributed by atoms with van der Waals surface area (Å²) in [7, 11) is 0. The van der Waals surface area contributed by atoms with Gasteiger partial charge in [-0.05, 0) is 11.6 Å². The lowest BCUT2D eigenvalue weighted by molar-refractivity contribution is -0.111. The fourth-order valence-corrected chi connectivity index (χ4v) is 0.602. The second-order valence-electron chi connectivity index (χ2n) is 1.51. The number of aromatic nitrogens is 1. The standard InChI is InChI=1S/C5H4ClNO2/c6-5(8)3-4-1-2-7-9-4/h1-2H,3H2. The number of rotatable bonds is 2. The third kappa shape index (κ3) is 1.85. The van der Waals surface area contributed by atoms with E-state index in [1.807, 2.05) is 0 Å². The van der Waals surface area contributed by atoms with Crippen LogP contribution in [0, 0.1) is 0 Å². The van der Waals surface area contributed by atoms with Crippen molar-refractivity contribution in [3.05, 3.63) is 18.0 Å². The van der Waals surface area contributed by atoms with Crippen LogP contribution in [-0.4, -0.2) is 10.4 Å². The normalized spacial score (nSPS) is 9.44. The summed E-state index contributed by atoms with van der Waals surface area (Å²) in [6, 6.07) is 1.60. The van der Waals surface area contributed by atoms with Gasteiger partial charge in [0.05, 0.1) is 12.6 Å². The van der Waals surface area contributed by atoms with Gasteiger partial charge in [-0.3, -0.25) is 4.79 Å². The molecule has 1 aromatic heterocycles. The van der Waals surface area contributed by atoms with Crippen molar-refractivity contribution in [2.75, 3.05) is 0 Å². The van der Waals surface area contributed by atoms with Crippen molar-refractivity contribution < 1.29 is 9.32 Å². The first-order valence-corrected chi connectivity index (χ1v) is 2.75. The zero-order chi connectivity index (χ0) is 6.69. The fourth-order valence-electron chi connectivity index (χ4n) is 0.470. The van der Waals surface area contributed by atoms with E-state index in [-0.39, 0.29) is 6.42 Å². The van der Waals surface area contributed by atoms with E-state index in [1.165, 1.54) is 6.20 Å². The van der Waals surface area contributed by atoms with Crippen LogP contribution in [0.5, 0.6) is 0 Å². The molecule has 0 unspecified atom stereocenters. The Kier molecular flexibility index (Phi) is 1.85. The first-order valence-electron chi connectivity index (χ1n) is 2.37. The van der Waals surface area contributed by atoms with Crippen LogP contribution in [0.4, 0.5) is 0 Å². The van der Waals surface area contributed by atoms with Crippen LogP contribution in [0.1, 0.15) is 5.76 Å². The Balaban J connectivity index is 2.58. The smallest absolute Gasteiger partial charge is 0.229 e. The summed E-state index contributed by atoms with van der Waals surface area (Å²) in [5.41, 5.74) is 0. The van der Waals surface area contributed by atoms with Crippen molar-refractivity contribution in [1.29, 1.82) is 0 Å². The van der Waals surface area contributed by atoms with E-state index in [0.29, 0.717) is 5.76 Å². The highest BCUT2D eigenvalue weighted by Gasteiger charge is 2.01. The molecule has 1 aromatic rings. The molecule has 0 amide bonds. The Bertz CT molecular complexity index is 195. The maximum Gasteiger partial charge on any atom is 0.229 e. The topological polar surface area (TPSA) is 43.1 Å². The molecule has 3 nitrogen and oxygen atoms in total. The van der Waals surface area contributed by atoms with Gasteiger partial charge < -0.3 is 4.52 Å². The molecule has 0 saturated heterocycles. The number of carbonyl (C=O) groups is 1. The van der Waals surface area contributed by atoms with E-state index < -0.39 is 5.24 Å². The van der Waals surface area contributed by atoms with E-state index in [0.717, 1.165) is 0 Å². The SMILES string of the molecule is O=C(Cl)Cc1ccno1. The van der Waals surface area contributed by atoms with Crippen molar-refractivity contribution in [1.82, 2.24) is 5.16 Å². The molecule has 0 atom stereocenters. The monoisotopic (exact) mass is 145 g/mol. The van der Waals surface area contributed by atoms with Crippen molar-refractivity contribution in [2.45, 2.75) is 6.42 Å². The van der Waals surface area contributed by atoms with E-state index >= 15 is 0 Å². The fraction of sp³-hybridized carbons (Fsp3) is 0.200. The second-order valence-corrected chi connectivity index (χ2v) is 1.93. The molecule has 0 spiro atoms. The van der Waals surface area contributed by atoms with Crippen molar-refractivity contribution in [2.24, 2.45) is 0 Å². The van der Waals surface area contributed by atoms with Crippen molar-refractivity contribution in [3.63, 3.8) is 0 Å². The van der Waals surface area contributed by atoms with Crippen LogP contribution < -0.4 is 0 Å². The molecule has 0 aliphatic rings. The van der Waals surface area contributed by atoms with Crippen LogP contribution in [0.2, 0.25) is 0 Å². The summed E-state index contributed by atoms with van der Waals surface area (Å²) in [6.45, 7) is 0. The van der Waals surface area contributed by atoms with Gasteiger partial charge in [0.1, 0.15) is 5.76 Å². The molecule has 1 rings (SSSR count).